The summed E-state index contributed by atoms with van der Waals surface area (Å²) in [6.07, 6.45) is 47.3. The molecule has 0 aliphatic rings. The predicted molar refractivity (Wildman–Crippen MR) is 177 cm³/mol. The quantitative estimate of drug-likeness (QED) is 0.0734. The molecule has 0 atom stereocenters. The van der Waals surface area contributed by atoms with Gasteiger partial charge in [0.1, 0.15) is 0 Å². The first-order valence-electron chi connectivity index (χ1n) is 18.8. The van der Waals surface area contributed by atoms with Crippen LogP contribution in [0.4, 0.5) is 0 Å². The lowest BCUT2D eigenvalue weighted by molar-refractivity contribution is 0.338. The summed E-state index contributed by atoms with van der Waals surface area (Å²) in [6, 6.07) is 0. The van der Waals surface area contributed by atoms with Gasteiger partial charge in [0.15, 0.2) is 0 Å². The molecule has 0 aliphatic carbocycles. The molecule has 0 fully saturated rings. The van der Waals surface area contributed by atoms with Crippen LogP contribution in [0.5, 0.6) is 0 Å². The fraction of sp³-hybridized carbons (Fsp3) is 1.00. The van der Waals surface area contributed by atoms with E-state index in [1.54, 1.807) is 0 Å². The third-order valence-corrected chi connectivity index (χ3v) is 9.34. The van der Waals surface area contributed by atoms with Gasteiger partial charge in [-0.05, 0) is 11.8 Å². The van der Waals surface area contributed by atoms with Gasteiger partial charge in [0.05, 0.1) is 0 Å². The zero-order valence-corrected chi connectivity index (χ0v) is 27.8. The second-order valence-electron chi connectivity index (χ2n) is 13.2. The van der Waals surface area contributed by atoms with Gasteiger partial charge in [0.25, 0.3) is 0 Å². The number of hydrogen-bond donors (Lipinski definition) is 0. The van der Waals surface area contributed by atoms with Crippen molar-refractivity contribution in [3.05, 3.63) is 0 Å². The van der Waals surface area contributed by atoms with Crippen molar-refractivity contribution in [2.75, 3.05) is 0 Å². The lowest BCUT2D eigenvalue weighted by Crippen LogP contribution is -2.04. The lowest BCUT2D eigenvalue weighted by Gasteiger charge is -2.20. The zero-order valence-electron chi connectivity index (χ0n) is 27.8. The van der Waals surface area contributed by atoms with Gasteiger partial charge in [-0.3, -0.25) is 0 Å². The minimum Gasteiger partial charge on any atom is -0.0654 e. The lowest BCUT2D eigenvalue weighted by atomic mass is 9.86. The molecule has 0 nitrogen and oxygen atoms in total. The summed E-state index contributed by atoms with van der Waals surface area (Å²) in [5.41, 5.74) is 0. The first-order chi connectivity index (χ1) is 18.8. The Hall–Kier alpha value is 0. The zero-order chi connectivity index (χ0) is 27.8. The normalized spacial score (nSPS) is 11.8. The largest absolute Gasteiger partial charge is 0.0654 e. The molecule has 0 heteroatoms. The van der Waals surface area contributed by atoms with E-state index in [2.05, 4.69) is 27.7 Å². The van der Waals surface area contributed by atoms with Crippen molar-refractivity contribution in [1.29, 1.82) is 0 Å². The highest BCUT2D eigenvalue weighted by Crippen LogP contribution is 2.28. The molecule has 0 unspecified atom stereocenters. The summed E-state index contributed by atoms with van der Waals surface area (Å²) in [7, 11) is 0. The topological polar surface area (TPSA) is 0 Å². The molecule has 0 amide bonds. The summed E-state index contributed by atoms with van der Waals surface area (Å²) in [5.74, 6) is 2.06. The summed E-state index contributed by atoms with van der Waals surface area (Å²) in [4.78, 5) is 0. The van der Waals surface area contributed by atoms with E-state index in [-0.39, 0.29) is 0 Å². The second kappa shape index (κ2) is 33.2. The molecule has 0 rings (SSSR count). The first kappa shape index (κ1) is 38.0. The highest BCUT2D eigenvalue weighted by molar-refractivity contribution is 4.65. The minimum absolute atomic E-state index is 1.03. The van der Waals surface area contributed by atoms with Gasteiger partial charge in [-0.15, -0.1) is 0 Å². The number of hydrogen-bond acceptors (Lipinski definition) is 0. The van der Waals surface area contributed by atoms with E-state index in [1.807, 2.05) is 0 Å². The molecule has 38 heavy (non-hydrogen) atoms. The van der Waals surface area contributed by atoms with Crippen LogP contribution in [0.2, 0.25) is 0 Å². The van der Waals surface area contributed by atoms with Crippen LogP contribution in [0.25, 0.3) is 0 Å². The SMILES string of the molecule is CCCCCCCCC(CCCCCCCC)CCCCC(CCCCCCCC)CCCCCCCC. The Kier molecular flexibility index (Phi) is 33.2. The third-order valence-electron chi connectivity index (χ3n) is 9.34. The number of unbranched alkanes of at least 4 members (excludes halogenated alkanes) is 21. The highest BCUT2D eigenvalue weighted by Gasteiger charge is 2.12. The molecule has 0 aliphatic heterocycles. The van der Waals surface area contributed by atoms with E-state index in [0.717, 1.165) is 11.8 Å². The molecule has 230 valence electrons. The Bertz CT molecular complexity index is 329. The standard InChI is InChI=1S/C38H78/c1-5-9-13-17-21-25-31-37(32-26-22-18-14-10-6-2)35-29-30-36-38(33-27-23-19-15-11-7-3)34-28-24-20-16-12-8-4/h37-38H,5-36H2,1-4H3. The van der Waals surface area contributed by atoms with E-state index in [0.29, 0.717) is 0 Å². The molecule has 0 saturated carbocycles. The Morgan fingerprint density at radius 3 is 0.579 bits per heavy atom. The van der Waals surface area contributed by atoms with Gasteiger partial charge >= 0.3 is 0 Å². The molecule has 0 aromatic rings. The average Bonchev–Trinajstić information content (AvgIpc) is 2.93. The van der Waals surface area contributed by atoms with E-state index >= 15 is 0 Å². The van der Waals surface area contributed by atoms with Crippen molar-refractivity contribution in [1.82, 2.24) is 0 Å². The average molecular weight is 535 g/mol. The molecule has 0 saturated heterocycles. The summed E-state index contributed by atoms with van der Waals surface area (Å²) in [5, 5.41) is 0. The smallest absolute Gasteiger partial charge is 0.0414 e. The maximum Gasteiger partial charge on any atom is -0.0414 e. The van der Waals surface area contributed by atoms with Gasteiger partial charge in [0, 0.05) is 0 Å². The van der Waals surface area contributed by atoms with Crippen LogP contribution >= 0.6 is 0 Å². The third kappa shape index (κ3) is 29.0. The van der Waals surface area contributed by atoms with Gasteiger partial charge in [-0.1, -0.05) is 233 Å². The second-order valence-corrected chi connectivity index (χ2v) is 13.2. The predicted octanol–water partition coefficient (Wildman–Crippen LogP) is 14.8. The van der Waals surface area contributed by atoms with Crippen LogP contribution in [0.3, 0.4) is 0 Å². The van der Waals surface area contributed by atoms with Crippen molar-refractivity contribution in [3.63, 3.8) is 0 Å². The van der Waals surface area contributed by atoms with Gasteiger partial charge in [0.2, 0.25) is 0 Å². The Labute approximate surface area is 244 Å². The molecule has 0 heterocycles. The van der Waals surface area contributed by atoms with Gasteiger partial charge in [-0.25, -0.2) is 0 Å². The highest BCUT2D eigenvalue weighted by atomic mass is 14.2. The van der Waals surface area contributed by atoms with Gasteiger partial charge < -0.3 is 0 Å². The Morgan fingerprint density at radius 2 is 0.368 bits per heavy atom. The molecule has 0 aromatic heterocycles. The number of rotatable bonds is 33. The van der Waals surface area contributed by atoms with Crippen molar-refractivity contribution < 1.29 is 0 Å². The van der Waals surface area contributed by atoms with Crippen LogP contribution in [0.1, 0.15) is 233 Å². The molecule has 0 N–H and O–H groups in total. The Morgan fingerprint density at radius 1 is 0.211 bits per heavy atom. The van der Waals surface area contributed by atoms with Crippen molar-refractivity contribution in [2.45, 2.75) is 233 Å². The van der Waals surface area contributed by atoms with Crippen molar-refractivity contribution >= 4 is 0 Å². The maximum atomic E-state index is 2.34. The van der Waals surface area contributed by atoms with E-state index in [9.17, 15) is 0 Å². The van der Waals surface area contributed by atoms with E-state index in [4.69, 9.17) is 0 Å². The molecule has 0 aromatic carbocycles. The van der Waals surface area contributed by atoms with Crippen LogP contribution in [0, 0.1) is 11.8 Å². The molecule has 0 radical (unpaired) electrons. The van der Waals surface area contributed by atoms with Crippen LogP contribution in [-0.4, -0.2) is 0 Å². The molecular weight excluding hydrogens is 456 g/mol. The first-order valence-corrected chi connectivity index (χ1v) is 18.8. The minimum atomic E-state index is 1.03. The van der Waals surface area contributed by atoms with Crippen LogP contribution < -0.4 is 0 Å². The van der Waals surface area contributed by atoms with Crippen LogP contribution in [0.15, 0.2) is 0 Å². The molecule has 0 bridgehead atoms. The maximum absolute atomic E-state index is 2.34. The van der Waals surface area contributed by atoms with Crippen LogP contribution in [-0.2, 0) is 0 Å². The summed E-state index contributed by atoms with van der Waals surface area (Å²) < 4.78 is 0. The monoisotopic (exact) mass is 535 g/mol. The van der Waals surface area contributed by atoms with Crippen molar-refractivity contribution in [3.8, 4) is 0 Å². The van der Waals surface area contributed by atoms with E-state index in [1.165, 1.54) is 205 Å². The fourth-order valence-corrected chi connectivity index (χ4v) is 6.59. The molecular formula is C38H78. The summed E-state index contributed by atoms with van der Waals surface area (Å²) >= 11 is 0. The van der Waals surface area contributed by atoms with Crippen molar-refractivity contribution in [2.24, 2.45) is 11.8 Å². The summed E-state index contributed by atoms with van der Waals surface area (Å²) in [6.45, 7) is 9.34. The van der Waals surface area contributed by atoms with E-state index < -0.39 is 0 Å². The fourth-order valence-electron chi connectivity index (χ4n) is 6.59. The van der Waals surface area contributed by atoms with Gasteiger partial charge in [-0.2, -0.15) is 0 Å². The Balaban J connectivity index is 4.36. The molecule has 0 spiro atoms.